The minimum atomic E-state index is -1.32. The summed E-state index contributed by atoms with van der Waals surface area (Å²) >= 11 is 1.27. The summed E-state index contributed by atoms with van der Waals surface area (Å²) in [6.07, 6.45) is 0.469. The van der Waals surface area contributed by atoms with Crippen molar-refractivity contribution in [1.82, 2.24) is 15.1 Å². The van der Waals surface area contributed by atoms with Crippen molar-refractivity contribution in [3.63, 3.8) is 0 Å². The van der Waals surface area contributed by atoms with Crippen molar-refractivity contribution in [3.8, 4) is 0 Å². The van der Waals surface area contributed by atoms with E-state index >= 15 is 0 Å². The van der Waals surface area contributed by atoms with Gasteiger partial charge < -0.3 is 20.1 Å². The first-order chi connectivity index (χ1) is 23.1. The fourth-order valence-electron chi connectivity index (χ4n) is 6.26. The summed E-state index contributed by atoms with van der Waals surface area (Å²) in [5.41, 5.74) is 0.515. The highest BCUT2D eigenvalue weighted by Gasteiger charge is 2.56. The third-order valence-electron chi connectivity index (χ3n) is 8.97. The highest BCUT2D eigenvalue weighted by Crippen LogP contribution is 2.43. The number of hydrogen-bond donors (Lipinski definition) is 2. The van der Waals surface area contributed by atoms with E-state index < -0.39 is 58.6 Å². The summed E-state index contributed by atoms with van der Waals surface area (Å²) < 4.78 is 6.07. The average molecular weight is 668 g/mol. The molecule has 0 saturated carbocycles. The van der Waals surface area contributed by atoms with E-state index in [-0.39, 0.29) is 48.6 Å². The van der Waals surface area contributed by atoms with E-state index in [0.717, 1.165) is 4.90 Å². The number of carboxylic acid groups (broad SMARTS) is 1. The van der Waals surface area contributed by atoms with Gasteiger partial charge in [-0.25, -0.2) is 4.79 Å². The lowest BCUT2D eigenvalue weighted by molar-refractivity contribution is -0.156. The molecule has 12 heteroatoms. The zero-order valence-electron chi connectivity index (χ0n) is 25.8. The number of aliphatic carboxylic acids is 1. The molecule has 0 radical (unpaired) electrons. The van der Waals surface area contributed by atoms with Gasteiger partial charge in [0.15, 0.2) is 6.10 Å². The lowest BCUT2D eigenvalue weighted by Crippen LogP contribution is -2.73. The lowest BCUT2D eigenvalue weighted by Gasteiger charge is -2.53. The van der Waals surface area contributed by atoms with Gasteiger partial charge in [0.05, 0.1) is 11.1 Å². The number of fused-ring (bicyclic) bond motifs is 2. The molecule has 6 rings (SSSR count). The Bertz CT molecular complexity index is 1710. The molecule has 246 valence electrons. The minimum Gasteiger partial charge on any atom is -0.481 e. The van der Waals surface area contributed by atoms with Crippen LogP contribution < -0.4 is 5.32 Å². The van der Waals surface area contributed by atoms with Crippen LogP contribution in [0.15, 0.2) is 97.6 Å². The second kappa shape index (κ2) is 13.5. The van der Waals surface area contributed by atoms with Gasteiger partial charge in [0.25, 0.3) is 11.8 Å². The van der Waals surface area contributed by atoms with Crippen molar-refractivity contribution in [2.75, 3.05) is 12.3 Å². The number of nitrogens with zero attached hydrogens (tertiary/aromatic N) is 2. The second-order valence-electron chi connectivity index (χ2n) is 12.0. The number of carbonyl (C=O) groups excluding carboxylic acids is 5. The van der Waals surface area contributed by atoms with Crippen LogP contribution >= 0.6 is 11.8 Å². The average Bonchev–Trinajstić information content (AvgIpc) is 3.36. The van der Waals surface area contributed by atoms with Crippen LogP contribution in [0.4, 0.5) is 0 Å². The topological polar surface area (TPSA) is 150 Å². The number of β-lactam (4-membered cyclic amide) rings is 1. The molecule has 3 aromatic carbocycles. The largest absolute Gasteiger partial charge is 0.481 e. The van der Waals surface area contributed by atoms with E-state index in [1.165, 1.54) is 34.9 Å². The molecule has 3 heterocycles. The number of thioether (sulfide) groups is 1. The van der Waals surface area contributed by atoms with Crippen molar-refractivity contribution in [2.45, 2.75) is 42.8 Å². The van der Waals surface area contributed by atoms with Crippen LogP contribution in [-0.4, -0.2) is 80.2 Å². The zero-order valence-corrected chi connectivity index (χ0v) is 26.6. The van der Waals surface area contributed by atoms with Crippen LogP contribution in [0.1, 0.15) is 57.2 Å². The molecular weight excluding hydrogens is 634 g/mol. The van der Waals surface area contributed by atoms with Gasteiger partial charge in [-0.1, -0.05) is 78.9 Å². The number of rotatable bonds is 12. The summed E-state index contributed by atoms with van der Waals surface area (Å²) in [4.78, 5) is 81.0. The molecule has 3 aliphatic rings. The monoisotopic (exact) mass is 667 g/mol. The smallest absolute Gasteiger partial charge is 0.330 e. The molecule has 11 nitrogen and oxygen atoms in total. The van der Waals surface area contributed by atoms with Gasteiger partial charge in [-0.15, -0.1) is 18.3 Å². The number of esters is 1. The molecule has 0 aromatic heterocycles. The third-order valence-corrected chi connectivity index (χ3v) is 10.5. The van der Waals surface area contributed by atoms with Crippen LogP contribution in [0.25, 0.3) is 0 Å². The molecule has 3 aliphatic heterocycles. The molecule has 0 bridgehead atoms. The second-order valence-corrected chi connectivity index (χ2v) is 13.1. The van der Waals surface area contributed by atoms with E-state index in [0.29, 0.717) is 11.1 Å². The molecule has 0 aliphatic carbocycles. The van der Waals surface area contributed by atoms with Gasteiger partial charge in [-0.2, -0.15) is 0 Å². The predicted molar refractivity (Wildman–Crippen MR) is 176 cm³/mol. The maximum atomic E-state index is 14.0. The Morgan fingerprint density at radius 2 is 1.50 bits per heavy atom. The van der Waals surface area contributed by atoms with Crippen molar-refractivity contribution in [2.24, 2.45) is 5.41 Å². The van der Waals surface area contributed by atoms with Gasteiger partial charge >= 0.3 is 11.9 Å². The first-order valence-electron chi connectivity index (χ1n) is 15.5. The fraction of sp³-hybridized carbons (Fsp3) is 0.278. The summed E-state index contributed by atoms with van der Waals surface area (Å²) in [5, 5.41) is 12.0. The molecule has 4 atom stereocenters. The number of ether oxygens (including phenoxy) is 1. The van der Waals surface area contributed by atoms with E-state index in [4.69, 9.17) is 4.74 Å². The van der Waals surface area contributed by atoms with Crippen LogP contribution in [0, 0.1) is 5.41 Å². The molecule has 3 aromatic rings. The Labute approximate surface area is 280 Å². The Morgan fingerprint density at radius 3 is 2.04 bits per heavy atom. The molecule has 2 fully saturated rings. The highest BCUT2D eigenvalue weighted by molar-refractivity contribution is 8.00. The Kier molecular flexibility index (Phi) is 9.18. The van der Waals surface area contributed by atoms with Gasteiger partial charge in [0.1, 0.15) is 22.9 Å². The Morgan fingerprint density at radius 1 is 0.938 bits per heavy atom. The van der Waals surface area contributed by atoms with E-state index in [9.17, 15) is 33.9 Å². The van der Waals surface area contributed by atoms with E-state index in [1.54, 1.807) is 12.1 Å². The van der Waals surface area contributed by atoms with Gasteiger partial charge in [0, 0.05) is 18.7 Å². The molecule has 2 saturated heterocycles. The molecule has 48 heavy (non-hydrogen) atoms. The van der Waals surface area contributed by atoms with Crippen LogP contribution in [0.5, 0.6) is 0 Å². The normalized spacial score (nSPS) is 22.0. The van der Waals surface area contributed by atoms with Gasteiger partial charge in [0.2, 0.25) is 11.8 Å². The Hall–Kier alpha value is -5.23. The molecule has 0 spiro atoms. The SMILES string of the molecule is C=CC1(C(=O)O)CS[C@@H]2C(NC(=O)CCCC(C(=O)OC(c3ccccc3)c3ccccc3)N3C(=O)c4ccccc4C3=O)C(=O)N2C1. The summed E-state index contributed by atoms with van der Waals surface area (Å²) in [5.74, 6) is -3.72. The number of carbonyl (C=O) groups is 6. The molecule has 2 N–H and O–H groups in total. The predicted octanol–water partition coefficient (Wildman–Crippen LogP) is 3.81. The number of carboxylic acids is 1. The molecular formula is C36H33N3O8S. The van der Waals surface area contributed by atoms with Gasteiger partial charge in [-0.05, 0) is 36.1 Å². The minimum absolute atomic E-state index is 0.0221. The number of amides is 4. The number of nitrogens with one attached hydrogen (secondary N) is 1. The fourth-order valence-corrected chi connectivity index (χ4v) is 7.79. The number of benzene rings is 3. The van der Waals surface area contributed by atoms with Gasteiger partial charge in [-0.3, -0.25) is 28.9 Å². The Balaban J connectivity index is 1.16. The quantitative estimate of drug-likeness (QED) is 0.127. The standard InChI is InChI=1S/C36H33N3O8S/c1-2-36(35(45)46)20-38-32(43)28(33(38)48-21-36)37-27(40)19-11-18-26(39-30(41)24-16-9-10-17-25(24)31(39)42)34(44)47-29(22-12-5-3-6-13-22)23-14-7-4-8-15-23/h2-10,12-17,26,28-29,33H,1,11,18-21H2,(H,37,40)(H,45,46)/t26?,28?,33-,36?/m1/s1. The van der Waals surface area contributed by atoms with Crippen LogP contribution in [0.2, 0.25) is 0 Å². The summed E-state index contributed by atoms with van der Waals surface area (Å²) in [6, 6.07) is 22.4. The summed E-state index contributed by atoms with van der Waals surface area (Å²) in [6.45, 7) is 3.61. The van der Waals surface area contributed by atoms with Crippen molar-refractivity contribution < 1.29 is 38.6 Å². The van der Waals surface area contributed by atoms with Crippen molar-refractivity contribution in [1.29, 1.82) is 0 Å². The van der Waals surface area contributed by atoms with Crippen LogP contribution in [-0.2, 0) is 23.9 Å². The first-order valence-corrected chi connectivity index (χ1v) is 16.6. The zero-order chi connectivity index (χ0) is 34.0. The van der Waals surface area contributed by atoms with Crippen LogP contribution in [0.3, 0.4) is 0 Å². The van der Waals surface area contributed by atoms with E-state index in [2.05, 4.69) is 11.9 Å². The maximum Gasteiger partial charge on any atom is 0.330 e. The van der Waals surface area contributed by atoms with Crippen molar-refractivity contribution in [3.05, 3.63) is 120 Å². The molecule has 3 unspecified atom stereocenters. The highest BCUT2D eigenvalue weighted by atomic mass is 32.2. The van der Waals surface area contributed by atoms with E-state index in [1.807, 2.05) is 60.7 Å². The summed E-state index contributed by atoms with van der Waals surface area (Å²) in [7, 11) is 0. The number of hydrogen-bond acceptors (Lipinski definition) is 8. The maximum absolute atomic E-state index is 14.0. The lowest BCUT2D eigenvalue weighted by atomic mass is 9.87. The first kappa shape index (κ1) is 32.7. The third kappa shape index (κ3) is 5.99. The molecule has 4 amide bonds. The van der Waals surface area contributed by atoms with Crippen molar-refractivity contribution >= 4 is 47.3 Å². The number of imide groups is 1.